The number of hydrogen-bond acceptors (Lipinski definition) is 0. The lowest BCUT2D eigenvalue weighted by Gasteiger charge is -2.27. The van der Waals surface area contributed by atoms with Gasteiger partial charge in [0.05, 0.1) is 15.6 Å². The first kappa shape index (κ1) is 26.4. The molecule has 0 unspecified atom stereocenters. The van der Waals surface area contributed by atoms with Crippen LogP contribution in [0.3, 0.4) is 0 Å². The van der Waals surface area contributed by atoms with E-state index in [2.05, 4.69) is 0 Å². The van der Waals surface area contributed by atoms with Gasteiger partial charge in [-0.3, -0.25) is 4.11 Å². The maximum Gasteiger partial charge on any atom is 0.357 e. The predicted molar refractivity (Wildman–Crippen MR) is 84.5 cm³/mol. The minimum atomic E-state index is -8.09. The van der Waals surface area contributed by atoms with E-state index in [1.807, 2.05) is 0 Å². The fourth-order valence-electron chi connectivity index (χ4n) is 3.10. The Morgan fingerprint density at radius 2 is 0.343 bits per heavy atom. The molecule has 0 spiro atoms. The average molecular weight is 548 g/mol. The van der Waals surface area contributed by atoms with Crippen LogP contribution >= 0.6 is 0 Å². The maximum absolute atomic E-state index is 16.4. The van der Waals surface area contributed by atoms with Gasteiger partial charge in [0.25, 0.3) is 0 Å². The van der Waals surface area contributed by atoms with Gasteiger partial charge in [0.15, 0.2) is 69.8 Å². The van der Waals surface area contributed by atoms with Gasteiger partial charge in [-0.1, -0.05) is 0 Å². The van der Waals surface area contributed by atoms with Crippen molar-refractivity contribution in [1.29, 1.82) is 0 Å². The number of hydrogen-bond donors (Lipinski definition) is 0. The molecule has 0 aliphatic heterocycles. The molecule has 3 aromatic carbocycles. The van der Waals surface area contributed by atoms with Gasteiger partial charge >= 0.3 is 8.41 Å². The molecule has 17 heteroatoms. The second kappa shape index (κ2) is 8.45. The summed E-state index contributed by atoms with van der Waals surface area (Å²) in [5.41, 5.74) is 0. The Kier molecular flexibility index (Phi) is 6.37. The summed E-state index contributed by atoms with van der Waals surface area (Å²) in [4.78, 5) is 0. The fraction of sp³-hybridized carbons (Fsp3) is 0. The van der Waals surface area contributed by atoms with Crippen LogP contribution in [0.2, 0.25) is 0 Å². The zero-order chi connectivity index (χ0) is 26.9. The van der Waals surface area contributed by atoms with Crippen molar-refractivity contribution in [3.63, 3.8) is 0 Å². The number of rotatable bonds is 3. The van der Waals surface area contributed by atoms with Crippen molar-refractivity contribution in [1.82, 2.24) is 0 Å². The lowest BCUT2D eigenvalue weighted by Crippen LogP contribution is -2.70. The zero-order valence-electron chi connectivity index (χ0n) is 15.5. The second-order valence-corrected chi connectivity index (χ2v) is 9.31. The Bertz CT molecular complexity index is 1160. The molecule has 0 fully saturated rings. The molecule has 3 aromatic rings. The van der Waals surface area contributed by atoms with Gasteiger partial charge < -0.3 is 0 Å². The first-order chi connectivity index (χ1) is 16.0. The van der Waals surface area contributed by atoms with E-state index >= 15 is 4.11 Å². The van der Waals surface area contributed by atoms with Crippen LogP contribution < -0.4 is 15.6 Å². The van der Waals surface area contributed by atoms with Gasteiger partial charge in [0.1, 0.15) is 0 Å². The van der Waals surface area contributed by atoms with Crippen molar-refractivity contribution >= 4 is 24.0 Å². The minimum absolute atomic E-state index is 3.09. The average Bonchev–Trinajstić information content (AvgIpc) is 2.81. The quantitative estimate of drug-likeness (QED) is 0.111. The van der Waals surface area contributed by atoms with E-state index < -0.39 is 111 Å². The van der Waals surface area contributed by atoms with Gasteiger partial charge in [-0.15, -0.1) is 0 Å². The van der Waals surface area contributed by atoms with E-state index in [1.165, 1.54) is 0 Å². The van der Waals surface area contributed by atoms with Crippen molar-refractivity contribution in [2.45, 2.75) is 0 Å². The third kappa shape index (κ3) is 3.38. The number of halogens is 16. The molecule has 0 radical (unpaired) electrons. The molecule has 0 saturated carbocycles. The molecule has 0 heterocycles. The summed E-state index contributed by atoms with van der Waals surface area (Å²) in [5.74, 6) is -48.9. The molecule has 0 aliphatic carbocycles. The number of benzene rings is 3. The zero-order valence-corrected chi connectivity index (χ0v) is 16.5. The van der Waals surface area contributed by atoms with Crippen LogP contribution in [0.4, 0.5) is 70.0 Å². The highest BCUT2D eigenvalue weighted by Gasteiger charge is 2.57. The largest absolute Gasteiger partial charge is 0.357 e. The van der Waals surface area contributed by atoms with Gasteiger partial charge in [-0.25, -0.2) is 65.9 Å². The molecule has 188 valence electrons. The highest BCUT2D eigenvalue weighted by molar-refractivity contribution is 7.07. The van der Waals surface area contributed by atoms with E-state index in [-0.39, 0.29) is 0 Å². The standard InChI is InChI=1S/C18F16Si/c19-1-4(22)10(28)16(11(29)5(1)23)35(34,17-12(30)6(24)2(20)7(25)13(17)31)18-14(32)8(26)3(21)9(27)15(18)33. The molecule has 0 atom stereocenters. The lowest BCUT2D eigenvalue weighted by molar-refractivity contribution is 0.377. The molecule has 0 amide bonds. The maximum atomic E-state index is 16.4. The molecule has 3 rings (SSSR count). The van der Waals surface area contributed by atoms with Crippen LogP contribution in [-0.4, -0.2) is 8.41 Å². The van der Waals surface area contributed by atoms with Crippen LogP contribution in [0.25, 0.3) is 0 Å². The summed E-state index contributed by atoms with van der Waals surface area (Å²) in [7, 11) is -8.09. The van der Waals surface area contributed by atoms with E-state index in [1.54, 1.807) is 0 Å². The summed E-state index contributed by atoms with van der Waals surface area (Å²) in [5, 5.41) is -9.67. The molecular formula is C18F16Si. The molecule has 0 nitrogen and oxygen atoms in total. The van der Waals surface area contributed by atoms with Crippen molar-refractivity contribution < 1.29 is 70.0 Å². The Hall–Kier alpha value is -3.24. The van der Waals surface area contributed by atoms with Gasteiger partial charge in [0.2, 0.25) is 17.5 Å². The van der Waals surface area contributed by atoms with Crippen molar-refractivity contribution in [3.05, 3.63) is 87.3 Å². The van der Waals surface area contributed by atoms with Crippen molar-refractivity contribution in [2.24, 2.45) is 0 Å². The Labute approximate surface area is 182 Å². The SMILES string of the molecule is Fc1c(F)c(F)c([Si](F)(c2c(F)c(F)c(F)c(F)c2F)c2c(F)c(F)c(F)c(F)c2F)c(F)c1F. The van der Waals surface area contributed by atoms with Crippen LogP contribution in [0, 0.1) is 87.3 Å². The molecule has 0 aromatic heterocycles. The monoisotopic (exact) mass is 548 g/mol. The molecular weight excluding hydrogens is 548 g/mol. The molecule has 0 bridgehead atoms. The topological polar surface area (TPSA) is 0 Å². The Morgan fingerprint density at radius 3 is 0.486 bits per heavy atom. The highest BCUT2D eigenvalue weighted by atomic mass is 28.4. The predicted octanol–water partition coefficient (Wildman–Crippen LogP) is 4.71. The van der Waals surface area contributed by atoms with Gasteiger partial charge in [-0.05, 0) is 0 Å². The summed E-state index contributed by atoms with van der Waals surface area (Å²) < 4.78 is 225. The Morgan fingerprint density at radius 1 is 0.229 bits per heavy atom. The third-order valence-electron chi connectivity index (χ3n) is 4.66. The first-order valence-corrected chi connectivity index (χ1v) is 10.2. The molecule has 0 saturated heterocycles. The van der Waals surface area contributed by atoms with Gasteiger partial charge in [-0.2, -0.15) is 0 Å². The Balaban J connectivity index is 2.78. The third-order valence-corrected chi connectivity index (χ3v) is 8.05. The van der Waals surface area contributed by atoms with Crippen molar-refractivity contribution in [2.75, 3.05) is 0 Å². The summed E-state index contributed by atoms with van der Waals surface area (Å²) in [6.07, 6.45) is 0. The first-order valence-electron chi connectivity index (χ1n) is 8.27. The van der Waals surface area contributed by atoms with Crippen LogP contribution in [0.15, 0.2) is 0 Å². The smallest absolute Gasteiger partial charge is 0.295 e. The van der Waals surface area contributed by atoms with Crippen LogP contribution in [0.1, 0.15) is 0 Å². The second-order valence-electron chi connectivity index (χ2n) is 6.49. The summed E-state index contributed by atoms with van der Waals surface area (Å²) in [6.45, 7) is 0. The fourth-order valence-corrected chi connectivity index (χ4v) is 6.32. The van der Waals surface area contributed by atoms with Crippen molar-refractivity contribution in [3.8, 4) is 0 Å². The van der Waals surface area contributed by atoms with E-state index in [4.69, 9.17) is 0 Å². The molecule has 0 aliphatic rings. The van der Waals surface area contributed by atoms with E-state index in [9.17, 15) is 65.9 Å². The lowest BCUT2D eigenvalue weighted by atomic mass is 10.3. The van der Waals surface area contributed by atoms with Crippen LogP contribution in [-0.2, 0) is 0 Å². The summed E-state index contributed by atoms with van der Waals surface area (Å²) in [6, 6.07) is 0. The van der Waals surface area contributed by atoms with Crippen LogP contribution in [0.5, 0.6) is 0 Å². The summed E-state index contributed by atoms with van der Waals surface area (Å²) >= 11 is 0. The normalized spacial score (nSPS) is 12.0. The van der Waals surface area contributed by atoms with Gasteiger partial charge in [0, 0.05) is 0 Å². The highest BCUT2D eigenvalue weighted by Crippen LogP contribution is 2.28. The van der Waals surface area contributed by atoms with E-state index in [0.29, 0.717) is 0 Å². The van der Waals surface area contributed by atoms with E-state index in [0.717, 1.165) is 0 Å². The molecule has 35 heavy (non-hydrogen) atoms. The molecule has 0 N–H and O–H groups in total. The minimum Gasteiger partial charge on any atom is -0.295 e.